The van der Waals surface area contributed by atoms with E-state index < -0.39 is 0 Å². The lowest BCUT2D eigenvalue weighted by Crippen LogP contribution is -2.36. The molecular weight excluding hydrogens is 384 g/mol. The van der Waals surface area contributed by atoms with Gasteiger partial charge in [-0.25, -0.2) is 4.79 Å². The lowest BCUT2D eigenvalue weighted by atomic mass is 10.0. The molecule has 0 radical (unpaired) electrons. The Hall–Kier alpha value is -1.07. The van der Waals surface area contributed by atoms with E-state index in [-0.39, 0.29) is 24.0 Å². The van der Waals surface area contributed by atoms with Gasteiger partial charge in [-0.2, -0.15) is 11.8 Å². The summed E-state index contributed by atoms with van der Waals surface area (Å²) in [6.45, 7) is 4.15. The normalized spacial score (nSPS) is 23.3. The third-order valence-electron chi connectivity index (χ3n) is 4.66. The van der Waals surface area contributed by atoms with E-state index in [0.717, 1.165) is 25.0 Å². The number of urea groups is 1. The van der Waals surface area contributed by atoms with E-state index in [1.54, 1.807) is 0 Å². The minimum absolute atomic E-state index is 0.0509. The SMILES string of the molecule is NCCOCCOCCOCCNC(=O)CCCC[C@@H]1SC[C@@H]2NC(=O)N[C@H]21. The van der Waals surface area contributed by atoms with Crippen LogP contribution in [0.15, 0.2) is 0 Å². The smallest absolute Gasteiger partial charge is 0.315 e. The quantitative estimate of drug-likeness (QED) is 0.203. The molecule has 10 heteroatoms. The lowest BCUT2D eigenvalue weighted by molar-refractivity contribution is -0.121. The summed E-state index contributed by atoms with van der Waals surface area (Å²) in [5.74, 6) is 1.03. The first-order valence-electron chi connectivity index (χ1n) is 10.1. The minimum atomic E-state index is -0.0509. The summed E-state index contributed by atoms with van der Waals surface area (Å²) in [5, 5.41) is 9.26. The van der Waals surface area contributed by atoms with Crippen molar-refractivity contribution in [2.24, 2.45) is 5.73 Å². The van der Waals surface area contributed by atoms with Gasteiger partial charge in [0.25, 0.3) is 0 Å². The Bertz CT molecular complexity index is 471. The van der Waals surface area contributed by atoms with Gasteiger partial charge in [-0.1, -0.05) is 6.42 Å². The van der Waals surface area contributed by atoms with Crippen LogP contribution >= 0.6 is 11.8 Å². The third kappa shape index (κ3) is 8.95. The number of carbonyl (C=O) groups is 2. The number of nitrogens with two attached hydrogens (primary N) is 1. The molecule has 0 unspecified atom stereocenters. The number of rotatable bonds is 16. The fourth-order valence-corrected chi connectivity index (χ4v) is 4.79. The first-order valence-corrected chi connectivity index (χ1v) is 11.1. The van der Waals surface area contributed by atoms with Crippen LogP contribution in [-0.4, -0.2) is 87.8 Å². The number of carbonyl (C=O) groups excluding carboxylic acids is 2. The molecule has 9 nitrogen and oxygen atoms in total. The molecule has 2 saturated heterocycles. The molecule has 0 aromatic heterocycles. The van der Waals surface area contributed by atoms with Gasteiger partial charge in [-0.3, -0.25) is 4.79 Å². The highest BCUT2D eigenvalue weighted by Gasteiger charge is 2.42. The number of amides is 3. The Balaban J connectivity index is 1.34. The summed E-state index contributed by atoms with van der Waals surface area (Å²) in [5.41, 5.74) is 5.31. The van der Waals surface area contributed by atoms with Crippen LogP contribution < -0.4 is 21.7 Å². The van der Waals surface area contributed by atoms with Crippen molar-refractivity contribution in [3.05, 3.63) is 0 Å². The largest absolute Gasteiger partial charge is 0.378 e. The Morgan fingerprint density at radius 1 is 1.07 bits per heavy atom. The van der Waals surface area contributed by atoms with Gasteiger partial charge >= 0.3 is 6.03 Å². The zero-order valence-electron chi connectivity index (χ0n) is 16.5. The maximum Gasteiger partial charge on any atom is 0.315 e. The molecule has 0 bridgehead atoms. The number of hydrogen-bond acceptors (Lipinski definition) is 7. The van der Waals surface area contributed by atoms with E-state index in [1.165, 1.54) is 0 Å². The first kappa shape index (κ1) is 23.2. The summed E-state index contributed by atoms with van der Waals surface area (Å²) in [6, 6.07) is 0.455. The van der Waals surface area contributed by atoms with Gasteiger partial charge in [-0.15, -0.1) is 0 Å². The average Bonchev–Trinajstić information content (AvgIpc) is 3.22. The fraction of sp³-hybridized carbons (Fsp3) is 0.889. The minimum Gasteiger partial charge on any atom is -0.378 e. The Morgan fingerprint density at radius 3 is 2.54 bits per heavy atom. The van der Waals surface area contributed by atoms with Crippen molar-refractivity contribution in [1.29, 1.82) is 0 Å². The number of unbranched alkanes of at least 4 members (excludes halogenated alkanes) is 1. The number of fused-ring (bicyclic) bond motifs is 1. The van der Waals surface area contributed by atoms with Gasteiger partial charge in [0.15, 0.2) is 0 Å². The van der Waals surface area contributed by atoms with Crippen molar-refractivity contribution < 1.29 is 23.8 Å². The van der Waals surface area contributed by atoms with Crippen molar-refractivity contribution in [3.8, 4) is 0 Å². The van der Waals surface area contributed by atoms with Crippen LogP contribution in [0.4, 0.5) is 4.79 Å². The van der Waals surface area contributed by atoms with E-state index in [9.17, 15) is 9.59 Å². The summed E-state index contributed by atoms with van der Waals surface area (Å²) in [7, 11) is 0. The molecule has 2 fully saturated rings. The molecule has 162 valence electrons. The maximum atomic E-state index is 11.8. The van der Waals surface area contributed by atoms with Crippen LogP contribution in [0, 0.1) is 0 Å². The van der Waals surface area contributed by atoms with Crippen LogP contribution in [-0.2, 0) is 19.0 Å². The molecule has 3 amide bonds. The highest BCUT2D eigenvalue weighted by Crippen LogP contribution is 2.33. The summed E-state index contributed by atoms with van der Waals surface area (Å²) >= 11 is 1.91. The number of ether oxygens (including phenoxy) is 3. The molecule has 2 aliphatic rings. The van der Waals surface area contributed by atoms with Crippen molar-refractivity contribution in [2.45, 2.75) is 43.0 Å². The van der Waals surface area contributed by atoms with Crippen LogP contribution in [0.3, 0.4) is 0 Å². The number of thioether (sulfide) groups is 1. The van der Waals surface area contributed by atoms with Crippen LogP contribution in [0.25, 0.3) is 0 Å². The molecule has 0 aromatic carbocycles. The zero-order chi connectivity index (χ0) is 20.0. The highest BCUT2D eigenvalue weighted by molar-refractivity contribution is 8.00. The van der Waals surface area contributed by atoms with Crippen molar-refractivity contribution in [2.75, 3.05) is 58.5 Å². The Labute approximate surface area is 171 Å². The molecule has 5 N–H and O–H groups in total. The van der Waals surface area contributed by atoms with Crippen LogP contribution in [0.1, 0.15) is 25.7 Å². The van der Waals surface area contributed by atoms with Gasteiger partial charge in [0.2, 0.25) is 5.91 Å². The maximum absolute atomic E-state index is 11.8. The van der Waals surface area contributed by atoms with Crippen LogP contribution in [0.2, 0.25) is 0 Å². The van der Waals surface area contributed by atoms with E-state index in [0.29, 0.717) is 64.4 Å². The summed E-state index contributed by atoms with van der Waals surface area (Å²) in [4.78, 5) is 23.2. The fourth-order valence-electron chi connectivity index (χ4n) is 3.25. The van der Waals surface area contributed by atoms with Crippen molar-refractivity contribution in [3.63, 3.8) is 0 Å². The molecule has 2 aliphatic heterocycles. The summed E-state index contributed by atoms with van der Waals surface area (Å²) in [6.07, 6.45) is 3.42. The molecule has 0 aliphatic carbocycles. The highest BCUT2D eigenvalue weighted by atomic mass is 32.2. The first-order chi connectivity index (χ1) is 13.7. The standard InChI is InChI=1S/C18H34N4O5S/c19-5-7-25-9-11-27-12-10-26-8-6-20-16(23)4-2-1-3-15-17-14(13-28-15)21-18(24)22-17/h14-15,17H,1-13,19H2,(H,20,23)(H2,21,22,24)/t14-,15-,17+/m0/s1. The van der Waals surface area contributed by atoms with E-state index in [1.807, 2.05) is 11.8 Å². The molecular formula is C18H34N4O5S. The predicted octanol–water partition coefficient (Wildman–Crippen LogP) is -0.163. The second-order valence-corrected chi connectivity index (χ2v) is 8.12. The number of hydrogen-bond donors (Lipinski definition) is 4. The van der Waals surface area contributed by atoms with Gasteiger partial charge in [0.1, 0.15) is 0 Å². The van der Waals surface area contributed by atoms with Gasteiger partial charge in [0.05, 0.1) is 51.7 Å². The second kappa shape index (κ2) is 14.0. The molecule has 0 spiro atoms. The predicted molar refractivity (Wildman–Crippen MR) is 108 cm³/mol. The number of nitrogens with one attached hydrogen (secondary N) is 3. The summed E-state index contributed by atoms with van der Waals surface area (Å²) < 4.78 is 15.9. The molecule has 28 heavy (non-hydrogen) atoms. The monoisotopic (exact) mass is 418 g/mol. The van der Waals surface area contributed by atoms with Crippen molar-refractivity contribution >= 4 is 23.7 Å². The van der Waals surface area contributed by atoms with Crippen molar-refractivity contribution in [1.82, 2.24) is 16.0 Å². The topological polar surface area (TPSA) is 124 Å². The van der Waals surface area contributed by atoms with E-state index in [2.05, 4.69) is 16.0 Å². The molecule has 2 heterocycles. The lowest BCUT2D eigenvalue weighted by Gasteiger charge is -2.16. The van der Waals surface area contributed by atoms with Gasteiger partial charge in [-0.05, 0) is 12.8 Å². The average molecular weight is 419 g/mol. The van der Waals surface area contributed by atoms with E-state index in [4.69, 9.17) is 19.9 Å². The third-order valence-corrected chi connectivity index (χ3v) is 6.16. The van der Waals surface area contributed by atoms with Gasteiger partial charge in [0, 0.05) is 30.5 Å². The van der Waals surface area contributed by atoms with E-state index >= 15 is 0 Å². The molecule has 3 atom stereocenters. The molecule has 0 saturated carbocycles. The van der Waals surface area contributed by atoms with Crippen LogP contribution in [0.5, 0.6) is 0 Å². The zero-order valence-corrected chi connectivity index (χ0v) is 17.3. The Morgan fingerprint density at radius 2 is 1.79 bits per heavy atom. The molecule has 0 aromatic rings. The Kier molecular flexibility index (Phi) is 11.6. The van der Waals surface area contributed by atoms with Gasteiger partial charge < -0.3 is 35.9 Å². The molecule has 2 rings (SSSR count). The second-order valence-electron chi connectivity index (χ2n) is 6.84.